The maximum Gasteiger partial charge on any atom is 0.122 e. The minimum atomic E-state index is 0.576. The molecule has 1 aromatic rings. The molecule has 0 aliphatic carbocycles. The molecule has 0 saturated carbocycles. The lowest BCUT2D eigenvalue weighted by molar-refractivity contribution is 0.315. The number of nitrogens with two attached hydrogens (primary N) is 1. The van der Waals surface area contributed by atoms with Crippen molar-refractivity contribution in [3.63, 3.8) is 0 Å². The van der Waals surface area contributed by atoms with E-state index in [-0.39, 0.29) is 0 Å². The van der Waals surface area contributed by atoms with E-state index in [4.69, 9.17) is 10.5 Å². The highest BCUT2D eigenvalue weighted by Gasteiger charge is 2.12. The molecule has 1 rings (SSSR count). The maximum atomic E-state index is 5.76. The van der Waals surface area contributed by atoms with Gasteiger partial charge in [-0.1, -0.05) is 19.9 Å². The minimum Gasteiger partial charge on any atom is -0.493 e. The average Bonchev–Trinajstić information content (AvgIpc) is 2.37. The van der Waals surface area contributed by atoms with Gasteiger partial charge in [0.15, 0.2) is 0 Å². The lowest BCUT2D eigenvalue weighted by Crippen LogP contribution is -2.05. The summed E-state index contributed by atoms with van der Waals surface area (Å²) in [5, 5.41) is 0. The van der Waals surface area contributed by atoms with Crippen LogP contribution in [0.5, 0.6) is 5.75 Å². The van der Waals surface area contributed by atoms with Crippen LogP contribution in [0, 0.1) is 13.8 Å². The van der Waals surface area contributed by atoms with Gasteiger partial charge in [-0.25, -0.2) is 0 Å². The molecule has 0 heterocycles. The van der Waals surface area contributed by atoms with E-state index in [0.29, 0.717) is 5.92 Å². The molecule has 0 radical (unpaired) electrons. The van der Waals surface area contributed by atoms with E-state index in [2.05, 4.69) is 39.8 Å². The van der Waals surface area contributed by atoms with Gasteiger partial charge in [-0.05, 0) is 68.3 Å². The summed E-state index contributed by atoms with van der Waals surface area (Å²) in [7, 11) is 0. The SMILES string of the molecule is CCCOc1ccc(C(C)CCCN)c(C)c1C. The Bertz CT molecular complexity index is 374. The third-order valence-electron chi connectivity index (χ3n) is 3.61. The second-order valence-electron chi connectivity index (χ2n) is 5.08. The summed E-state index contributed by atoms with van der Waals surface area (Å²) < 4.78 is 5.76. The molecule has 0 amide bonds. The predicted octanol–water partition coefficient (Wildman–Crippen LogP) is 3.93. The molecule has 0 spiro atoms. The van der Waals surface area contributed by atoms with Crippen molar-refractivity contribution in [1.29, 1.82) is 0 Å². The summed E-state index contributed by atoms with van der Waals surface area (Å²) in [6.07, 6.45) is 3.30. The second-order valence-corrected chi connectivity index (χ2v) is 5.08. The molecule has 0 aliphatic rings. The van der Waals surface area contributed by atoms with E-state index in [1.54, 1.807) is 0 Å². The van der Waals surface area contributed by atoms with E-state index in [9.17, 15) is 0 Å². The zero-order chi connectivity index (χ0) is 13.5. The highest BCUT2D eigenvalue weighted by molar-refractivity contribution is 5.44. The van der Waals surface area contributed by atoms with Crippen molar-refractivity contribution in [1.82, 2.24) is 0 Å². The van der Waals surface area contributed by atoms with Crippen molar-refractivity contribution < 1.29 is 4.74 Å². The van der Waals surface area contributed by atoms with E-state index in [1.165, 1.54) is 16.7 Å². The lowest BCUT2D eigenvalue weighted by atomic mass is 9.90. The van der Waals surface area contributed by atoms with E-state index >= 15 is 0 Å². The Morgan fingerprint density at radius 3 is 2.56 bits per heavy atom. The molecule has 2 nitrogen and oxygen atoms in total. The molecular formula is C16H27NO. The third-order valence-corrected chi connectivity index (χ3v) is 3.61. The molecule has 0 fully saturated rings. The molecule has 1 atom stereocenters. The summed E-state index contributed by atoms with van der Waals surface area (Å²) in [5.74, 6) is 1.61. The maximum absolute atomic E-state index is 5.76. The number of hydrogen-bond acceptors (Lipinski definition) is 2. The Kier molecular flexibility index (Phi) is 6.20. The standard InChI is InChI=1S/C16H27NO/c1-5-11-18-16-9-8-15(13(3)14(16)4)12(2)7-6-10-17/h8-9,12H,5-7,10-11,17H2,1-4H3. The largest absolute Gasteiger partial charge is 0.493 e. The van der Waals surface area contributed by atoms with Crippen LogP contribution in [0.4, 0.5) is 0 Å². The molecule has 1 aromatic carbocycles. The molecule has 2 heteroatoms. The molecule has 102 valence electrons. The van der Waals surface area contributed by atoms with E-state index < -0.39 is 0 Å². The Hall–Kier alpha value is -1.02. The molecule has 18 heavy (non-hydrogen) atoms. The van der Waals surface area contributed by atoms with Crippen LogP contribution in [0.3, 0.4) is 0 Å². The van der Waals surface area contributed by atoms with Gasteiger partial charge in [0.2, 0.25) is 0 Å². The molecule has 0 aromatic heterocycles. The van der Waals surface area contributed by atoms with Gasteiger partial charge in [-0.15, -0.1) is 0 Å². The number of benzene rings is 1. The van der Waals surface area contributed by atoms with E-state index in [0.717, 1.165) is 38.2 Å². The number of rotatable bonds is 7. The fourth-order valence-electron chi connectivity index (χ4n) is 2.30. The predicted molar refractivity (Wildman–Crippen MR) is 78.4 cm³/mol. The molecule has 1 unspecified atom stereocenters. The monoisotopic (exact) mass is 249 g/mol. The normalized spacial score (nSPS) is 12.5. The van der Waals surface area contributed by atoms with Gasteiger partial charge in [-0.3, -0.25) is 0 Å². The first kappa shape index (κ1) is 15.0. The van der Waals surface area contributed by atoms with Crippen LogP contribution in [0.2, 0.25) is 0 Å². The van der Waals surface area contributed by atoms with Crippen molar-refractivity contribution in [3.05, 3.63) is 28.8 Å². The lowest BCUT2D eigenvalue weighted by Gasteiger charge is -2.18. The summed E-state index contributed by atoms with van der Waals surface area (Å²) in [6.45, 7) is 10.3. The van der Waals surface area contributed by atoms with Crippen LogP contribution in [-0.4, -0.2) is 13.2 Å². The van der Waals surface area contributed by atoms with Crippen molar-refractivity contribution in [2.75, 3.05) is 13.2 Å². The third kappa shape index (κ3) is 3.74. The highest BCUT2D eigenvalue weighted by Crippen LogP contribution is 2.30. The smallest absolute Gasteiger partial charge is 0.122 e. The fourth-order valence-corrected chi connectivity index (χ4v) is 2.30. The molecular weight excluding hydrogens is 222 g/mol. The molecule has 2 N–H and O–H groups in total. The van der Waals surface area contributed by atoms with Crippen LogP contribution in [-0.2, 0) is 0 Å². The van der Waals surface area contributed by atoms with Crippen LogP contribution >= 0.6 is 0 Å². The zero-order valence-electron chi connectivity index (χ0n) is 12.3. The molecule has 0 saturated heterocycles. The van der Waals surface area contributed by atoms with Gasteiger partial charge < -0.3 is 10.5 Å². The number of hydrogen-bond donors (Lipinski definition) is 1. The van der Waals surface area contributed by atoms with Gasteiger partial charge in [-0.2, -0.15) is 0 Å². The quantitative estimate of drug-likeness (QED) is 0.794. The summed E-state index contributed by atoms with van der Waals surface area (Å²) in [4.78, 5) is 0. The topological polar surface area (TPSA) is 35.2 Å². The molecule has 0 bridgehead atoms. The van der Waals surface area contributed by atoms with Crippen molar-refractivity contribution >= 4 is 0 Å². The van der Waals surface area contributed by atoms with Crippen molar-refractivity contribution in [3.8, 4) is 5.75 Å². The van der Waals surface area contributed by atoms with Crippen molar-refractivity contribution in [2.24, 2.45) is 5.73 Å². The minimum absolute atomic E-state index is 0.576. The van der Waals surface area contributed by atoms with Crippen LogP contribution in [0.15, 0.2) is 12.1 Å². The van der Waals surface area contributed by atoms with Gasteiger partial charge in [0, 0.05) is 0 Å². The Balaban J connectivity index is 2.85. The molecule has 0 aliphatic heterocycles. The Morgan fingerprint density at radius 1 is 1.22 bits per heavy atom. The zero-order valence-corrected chi connectivity index (χ0v) is 12.3. The van der Waals surface area contributed by atoms with E-state index in [1.807, 2.05) is 0 Å². The first-order chi connectivity index (χ1) is 8.61. The number of ether oxygens (including phenoxy) is 1. The highest BCUT2D eigenvalue weighted by atomic mass is 16.5. The summed E-state index contributed by atoms with van der Waals surface area (Å²) in [6, 6.07) is 4.33. The second kappa shape index (κ2) is 7.42. The summed E-state index contributed by atoms with van der Waals surface area (Å²) in [5.41, 5.74) is 9.66. The van der Waals surface area contributed by atoms with Crippen LogP contribution in [0.25, 0.3) is 0 Å². The van der Waals surface area contributed by atoms with Gasteiger partial charge in [0.25, 0.3) is 0 Å². The first-order valence-corrected chi connectivity index (χ1v) is 7.04. The van der Waals surface area contributed by atoms with Gasteiger partial charge in [0.1, 0.15) is 5.75 Å². The Morgan fingerprint density at radius 2 is 1.94 bits per heavy atom. The van der Waals surface area contributed by atoms with Crippen molar-refractivity contribution in [2.45, 2.75) is 52.9 Å². The van der Waals surface area contributed by atoms with Gasteiger partial charge in [0.05, 0.1) is 6.61 Å². The van der Waals surface area contributed by atoms with Crippen LogP contribution < -0.4 is 10.5 Å². The van der Waals surface area contributed by atoms with Crippen LogP contribution in [0.1, 0.15) is 55.7 Å². The fraction of sp³-hybridized carbons (Fsp3) is 0.625. The first-order valence-electron chi connectivity index (χ1n) is 7.04. The average molecular weight is 249 g/mol. The summed E-state index contributed by atoms with van der Waals surface area (Å²) >= 11 is 0. The Labute approximate surface area is 112 Å². The van der Waals surface area contributed by atoms with Gasteiger partial charge >= 0.3 is 0 Å².